The summed E-state index contributed by atoms with van der Waals surface area (Å²) in [6, 6.07) is 2.04. The number of nitrogens with one attached hydrogen (secondary N) is 1. The van der Waals surface area contributed by atoms with E-state index in [1.54, 1.807) is 27.7 Å². The molecule has 7 N–H and O–H groups in total. The number of benzene rings is 1. The second kappa shape index (κ2) is 11.0. The summed E-state index contributed by atoms with van der Waals surface area (Å²) in [6.45, 7) is 8.25. The van der Waals surface area contributed by atoms with Crippen molar-refractivity contribution in [3.8, 4) is 0 Å². The van der Waals surface area contributed by atoms with E-state index in [4.69, 9.17) is 5.73 Å². The summed E-state index contributed by atoms with van der Waals surface area (Å²) < 4.78 is 0. The molecule has 0 aromatic heterocycles. The minimum absolute atomic E-state index is 0.307. The highest BCUT2D eigenvalue weighted by Crippen LogP contribution is 2.27. The lowest BCUT2D eigenvalue weighted by atomic mass is 9.85. The molecule has 0 aliphatic carbocycles. The third-order valence-corrected chi connectivity index (χ3v) is 4.33. The summed E-state index contributed by atoms with van der Waals surface area (Å²) in [4.78, 5) is 0. The van der Waals surface area contributed by atoms with Crippen LogP contribution in [0, 0.1) is 0 Å². The zero-order valence-electron chi connectivity index (χ0n) is 16.5. The van der Waals surface area contributed by atoms with E-state index in [0.29, 0.717) is 38.9 Å². The summed E-state index contributed by atoms with van der Waals surface area (Å²) in [5, 5.41) is 42.5. The third kappa shape index (κ3) is 7.31. The van der Waals surface area contributed by atoms with Gasteiger partial charge in [-0.05, 0) is 74.8 Å². The first kappa shape index (κ1) is 23.0. The molecule has 0 amide bonds. The third-order valence-electron chi connectivity index (χ3n) is 4.33. The zero-order valence-corrected chi connectivity index (χ0v) is 16.5. The number of aliphatic hydroxyl groups excluding tert-OH is 4. The molecule has 4 atom stereocenters. The molecule has 0 spiro atoms. The highest BCUT2D eigenvalue weighted by atomic mass is 16.3. The highest BCUT2D eigenvalue weighted by molar-refractivity contribution is 5.47. The lowest BCUT2D eigenvalue weighted by molar-refractivity contribution is 0.187. The van der Waals surface area contributed by atoms with Crippen molar-refractivity contribution in [2.75, 3.05) is 6.54 Å². The van der Waals surface area contributed by atoms with Gasteiger partial charge in [0.15, 0.2) is 0 Å². The van der Waals surface area contributed by atoms with E-state index in [1.807, 2.05) is 6.07 Å². The topological polar surface area (TPSA) is 119 Å². The Labute approximate surface area is 157 Å². The molecule has 6 heteroatoms. The molecule has 0 heterocycles. The van der Waals surface area contributed by atoms with Crippen molar-refractivity contribution in [2.24, 2.45) is 5.73 Å². The number of hydrogen-bond donors (Lipinski definition) is 6. The van der Waals surface area contributed by atoms with Crippen molar-refractivity contribution in [3.05, 3.63) is 33.9 Å². The second-order valence-corrected chi connectivity index (χ2v) is 7.47. The zero-order chi connectivity index (χ0) is 19.9. The summed E-state index contributed by atoms with van der Waals surface area (Å²) in [7, 11) is 0. The maximum atomic E-state index is 9.96. The molecular formula is C20H36N2O4. The lowest BCUT2D eigenvalue weighted by Gasteiger charge is -2.24. The molecule has 0 aliphatic heterocycles. The number of rotatable bonds is 11. The Morgan fingerprint density at radius 1 is 0.769 bits per heavy atom. The van der Waals surface area contributed by atoms with Gasteiger partial charge >= 0.3 is 0 Å². The van der Waals surface area contributed by atoms with Crippen LogP contribution in [0.15, 0.2) is 6.07 Å². The Balaban J connectivity index is 3.43. The van der Waals surface area contributed by atoms with E-state index in [9.17, 15) is 20.4 Å². The van der Waals surface area contributed by atoms with Gasteiger partial charge in [-0.25, -0.2) is 0 Å². The normalized spacial score (nSPS) is 16.3. The van der Waals surface area contributed by atoms with Gasteiger partial charge in [-0.15, -0.1) is 0 Å². The first-order valence-corrected chi connectivity index (χ1v) is 9.44. The lowest BCUT2D eigenvalue weighted by Crippen LogP contribution is -2.26. The van der Waals surface area contributed by atoms with E-state index in [2.05, 4.69) is 5.32 Å². The van der Waals surface area contributed by atoms with E-state index in [-0.39, 0.29) is 0 Å². The Kier molecular flexibility index (Phi) is 9.71. The fourth-order valence-corrected chi connectivity index (χ4v) is 3.37. The predicted octanol–water partition coefficient (Wildman–Crippen LogP) is 0.386. The van der Waals surface area contributed by atoms with Gasteiger partial charge in [0.25, 0.3) is 0 Å². The molecule has 0 fully saturated rings. The van der Waals surface area contributed by atoms with Gasteiger partial charge in [0.2, 0.25) is 0 Å². The molecule has 1 rings (SSSR count). The molecule has 0 radical (unpaired) electrons. The molecule has 0 saturated carbocycles. The Bertz CT molecular complexity index is 557. The monoisotopic (exact) mass is 368 g/mol. The summed E-state index contributed by atoms with van der Waals surface area (Å²) >= 11 is 0. The van der Waals surface area contributed by atoms with Crippen molar-refractivity contribution in [2.45, 2.75) is 84.5 Å². The SMILES string of the molecule is CC(O)CNCc1cc(CC(C)O)c(CC(C)O)c(CN)c1CC(C)O. The average Bonchev–Trinajstić information content (AvgIpc) is 2.49. The summed E-state index contributed by atoms with van der Waals surface area (Å²) in [5.74, 6) is 0. The fourth-order valence-electron chi connectivity index (χ4n) is 3.37. The Hall–Kier alpha value is -1.02. The number of hydrogen-bond acceptors (Lipinski definition) is 6. The Morgan fingerprint density at radius 2 is 1.27 bits per heavy atom. The summed E-state index contributed by atoms with van der Waals surface area (Å²) in [6.07, 6.45) is -0.578. The first-order valence-electron chi connectivity index (χ1n) is 9.44. The van der Waals surface area contributed by atoms with E-state index in [1.165, 1.54) is 0 Å². The quantitative estimate of drug-likeness (QED) is 0.336. The van der Waals surface area contributed by atoms with Gasteiger partial charge in [-0.1, -0.05) is 6.07 Å². The van der Waals surface area contributed by atoms with Crippen molar-refractivity contribution in [3.63, 3.8) is 0 Å². The largest absolute Gasteiger partial charge is 0.393 e. The molecule has 1 aromatic rings. The molecule has 0 saturated heterocycles. The molecule has 150 valence electrons. The molecular weight excluding hydrogens is 332 g/mol. The van der Waals surface area contributed by atoms with Gasteiger partial charge in [0, 0.05) is 19.6 Å². The van der Waals surface area contributed by atoms with Crippen LogP contribution in [0.25, 0.3) is 0 Å². The average molecular weight is 369 g/mol. The minimum atomic E-state index is -0.522. The van der Waals surface area contributed by atoms with Crippen molar-refractivity contribution in [1.29, 1.82) is 0 Å². The number of aliphatic hydroxyl groups is 4. The van der Waals surface area contributed by atoms with Crippen LogP contribution in [-0.4, -0.2) is 51.4 Å². The standard InChI is InChI=1S/C20H36N2O4/c1-12(23)5-16-8-17(11-22-10-15(4)26)19(7-14(3)25)20(9-21)18(16)6-13(2)24/h8,12-15,22-26H,5-7,9-11,21H2,1-4H3. The molecule has 0 bridgehead atoms. The van der Waals surface area contributed by atoms with Gasteiger partial charge in [0.05, 0.1) is 24.4 Å². The van der Waals surface area contributed by atoms with Crippen LogP contribution >= 0.6 is 0 Å². The van der Waals surface area contributed by atoms with Crippen LogP contribution in [-0.2, 0) is 32.4 Å². The molecule has 6 nitrogen and oxygen atoms in total. The van der Waals surface area contributed by atoms with Crippen molar-refractivity contribution in [1.82, 2.24) is 5.32 Å². The van der Waals surface area contributed by atoms with Crippen LogP contribution in [0.1, 0.15) is 55.5 Å². The maximum Gasteiger partial charge on any atom is 0.0636 e. The van der Waals surface area contributed by atoms with Crippen LogP contribution in [0.4, 0.5) is 0 Å². The maximum absolute atomic E-state index is 9.96. The smallest absolute Gasteiger partial charge is 0.0636 e. The van der Waals surface area contributed by atoms with E-state index >= 15 is 0 Å². The van der Waals surface area contributed by atoms with Crippen LogP contribution < -0.4 is 11.1 Å². The van der Waals surface area contributed by atoms with Gasteiger partial charge in [-0.3, -0.25) is 0 Å². The van der Waals surface area contributed by atoms with Gasteiger partial charge in [0.1, 0.15) is 0 Å². The summed E-state index contributed by atoms with van der Waals surface area (Å²) in [5.41, 5.74) is 11.0. The molecule has 0 aliphatic rings. The van der Waals surface area contributed by atoms with Gasteiger partial charge in [-0.2, -0.15) is 0 Å². The van der Waals surface area contributed by atoms with Crippen molar-refractivity contribution >= 4 is 0 Å². The fraction of sp³-hybridized carbons (Fsp3) is 0.700. The second-order valence-electron chi connectivity index (χ2n) is 7.47. The van der Waals surface area contributed by atoms with Gasteiger partial charge < -0.3 is 31.5 Å². The first-order chi connectivity index (χ1) is 12.1. The highest BCUT2D eigenvalue weighted by Gasteiger charge is 2.20. The molecule has 4 unspecified atom stereocenters. The van der Waals surface area contributed by atoms with Crippen molar-refractivity contribution < 1.29 is 20.4 Å². The molecule has 26 heavy (non-hydrogen) atoms. The molecule has 1 aromatic carbocycles. The minimum Gasteiger partial charge on any atom is -0.393 e. The van der Waals surface area contributed by atoms with E-state index in [0.717, 1.165) is 27.8 Å². The Morgan fingerprint density at radius 3 is 1.69 bits per heavy atom. The van der Waals surface area contributed by atoms with Crippen LogP contribution in [0.2, 0.25) is 0 Å². The van der Waals surface area contributed by atoms with Crippen LogP contribution in [0.3, 0.4) is 0 Å². The van der Waals surface area contributed by atoms with Crippen LogP contribution in [0.5, 0.6) is 0 Å². The predicted molar refractivity (Wildman–Crippen MR) is 104 cm³/mol. The van der Waals surface area contributed by atoms with E-state index < -0.39 is 24.4 Å². The number of nitrogens with two attached hydrogens (primary N) is 1.